The summed E-state index contributed by atoms with van der Waals surface area (Å²) in [5.74, 6) is -0.327. The Kier molecular flexibility index (Phi) is 3.76. The molecule has 2 N–H and O–H groups in total. The van der Waals surface area contributed by atoms with Gasteiger partial charge in [-0.25, -0.2) is 9.97 Å². The van der Waals surface area contributed by atoms with Crippen LogP contribution in [0, 0.1) is 12.8 Å². The van der Waals surface area contributed by atoms with Crippen molar-refractivity contribution in [3.8, 4) is 0 Å². The number of carboxylic acids is 1. The number of anilines is 1. The molecule has 0 saturated heterocycles. The van der Waals surface area contributed by atoms with Crippen LogP contribution >= 0.6 is 11.3 Å². The van der Waals surface area contributed by atoms with Crippen LogP contribution in [0.15, 0.2) is 11.7 Å². The minimum absolute atomic E-state index is 0.347. The number of rotatable bonds is 5. The van der Waals surface area contributed by atoms with Crippen LogP contribution in [0.25, 0.3) is 10.2 Å². The van der Waals surface area contributed by atoms with E-state index in [2.05, 4.69) is 15.3 Å². The van der Waals surface area contributed by atoms with Crippen LogP contribution in [-0.2, 0) is 4.79 Å². The fourth-order valence-corrected chi connectivity index (χ4v) is 2.59. The molecule has 0 amide bonds. The minimum Gasteiger partial charge on any atom is -0.481 e. The zero-order valence-electron chi connectivity index (χ0n) is 10.3. The first kappa shape index (κ1) is 12.8. The molecule has 0 saturated carbocycles. The highest BCUT2D eigenvalue weighted by Crippen LogP contribution is 2.28. The Morgan fingerprint density at radius 1 is 1.56 bits per heavy atom. The summed E-state index contributed by atoms with van der Waals surface area (Å²) in [6.07, 6.45) is 2.11. The number of hydrogen-bond donors (Lipinski definition) is 2. The molecule has 0 bridgehead atoms. The Balaban J connectivity index is 2.06. The molecule has 2 rings (SSSR count). The van der Waals surface area contributed by atoms with Gasteiger partial charge in [0, 0.05) is 6.54 Å². The fraction of sp³-hybridized carbons (Fsp3) is 0.417. The van der Waals surface area contributed by atoms with Crippen molar-refractivity contribution in [2.24, 2.45) is 5.92 Å². The van der Waals surface area contributed by atoms with E-state index < -0.39 is 5.97 Å². The molecule has 0 aromatic carbocycles. The highest BCUT2D eigenvalue weighted by atomic mass is 32.1. The number of aromatic nitrogens is 2. The minimum atomic E-state index is -0.767. The summed E-state index contributed by atoms with van der Waals surface area (Å²) in [5, 5.41) is 14.0. The van der Waals surface area contributed by atoms with Gasteiger partial charge in [-0.15, -0.1) is 11.3 Å². The molecule has 1 atom stereocenters. The molecule has 1 unspecified atom stereocenters. The number of aliphatic carboxylic acids is 1. The number of carbonyl (C=O) groups is 1. The zero-order valence-corrected chi connectivity index (χ0v) is 11.1. The first-order chi connectivity index (χ1) is 8.59. The molecule has 6 heteroatoms. The van der Waals surface area contributed by atoms with Crippen molar-refractivity contribution < 1.29 is 9.90 Å². The van der Waals surface area contributed by atoms with Crippen molar-refractivity contribution >= 4 is 33.3 Å². The van der Waals surface area contributed by atoms with Gasteiger partial charge >= 0.3 is 5.97 Å². The molecule has 2 heterocycles. The van der Waals surface area contributed by atoms with Gasteiger partial charge in [-0.05, 0) is 24.3 Å². The summed E-state index contributed by atoms with van der Waals surface area (Å²) >= 11 is 1.60. The van der Waals surface area contributed by atoms with Crippen LogP contribution in [0.3, 0.4) is 0 Å². The average Bonchev–Trinajstić information content (AvgIpc) is 2.72. The van der Waals surface area contributed by atoms with Gasteiger partial charge in [-0.3, -0.25) is 4.79 Å². The van der Waals surface area contributed by atoms with E-state index in [0.717, 1.165) is 21.6 Å². The predicted octanol–water partition coefficient (Wildman–Crippen LogP) is 2.52. The van der Waals surface area contributed by atoms with Gasteiger partial charge in [-0.2, -0.15) is 0 Å². The third kappa shape index (κ3) is 2.59. The Morgan fingerprint density at radius 2 is 2.33 bits per heavy atom. The molecule has 2 aromatic heterocycles. The van der Waals surface area contributed by atoms with Crippen LogP contribution in [0.2, 0.25) is 0 Å². The van der Waals surface area contributed by atoms with E-state index in [1.165, 1.54) is 6.33 Å². The van der Waals surface area contributed by atoms with E-state index in [0.29, 0.717) is 13.0 Å². The number of fused-ring (bicyclic) bond motifs is 1. The Morgan fingerprint density at radius 3 is 3.06 bits per heavy atom. The van der Waals surface area contributed by atoms with Crippen LogP contribution in [0.5, 0.6) is 0 Å². The largest absolute Gasteiger partial charge is 0.481 e. The number of thiophene rings is 1. The van der Waals surface area contributed by atoms with E-state index in [9.17, 15) is 4.79 Å². The molecule has 0 aliphatic carbocycles. The van der Waals surface area contributed by atoms with Crippen LogP contribution in [-0.4, -0.2) is 27.6 Å². The number of nitrogens with one attached hydrogen (secondary N) is 1. The predicted molar refractivity (Wildman–Crippen MR) is 72.1 cm³/mol. The second kappa shape index (κ2) is 5.30. The number of carboxylic acid groups (broad SMARTS) is 1. The first-order valence-corrected chi connectivity index (χ1v) is 6.63. The smallest absolute Gasteiger partial charge is 0.306 e. The third-order valence-corrected chi connectivity index (χ3v) is 3.92. The standard InChI is InChI=1S/C12H15N3O2S/c1-7(12(16)17)3-4-13-11-10-9(14-6-15-11)8(2)5-18-10/h5-7H,3-4H2,1-2H3,(H,16,17)(H,13,14,15). The van der Waals surface area contributed by atoms with E-state index >= 15 is 0 Å². The van der Waals surface area contributed by atoms with E-state index in [-0.39, 0.29) is 5.92 Å². The molecule has 18 heavy (non-hydrogen) atoms. The lowest BCUT2D eigenvalue weighted by Gasteiger charge is -2.08. The summed E-state index contributed by atoms with van der Waals surface area (Å²) in [5.41, 5.74) is 2.10. The molecule has 0 aliphatic heterocycles. The number of aryl methyl sites for hydroxylation is 1. The van der Waals surface area contributed by atoms with Gasteiger partial charge in [-0.1, -0.05) is 6.92 Å². The maximum absolute atomic E-state index is 10.7. The maximum atomic E-state index is 10.7. The fourth-order valence-electron chi connectivity index (χ4n) is 1.63. The van der Waals surface area contributed by atoms with Crippen LogP contribution < -0.4 is 5.32 Å². The molecule has 0 spiro atoms. The SMILES string of the molecule is Cc1csc2c(NCCC(C)C(=O)O)ncnc12. The monoisotopic (exact) mass is 265 g/mol. The van der Waals surface area contributed by atoms with Gasteiger partial charge in [0.15, 0.2) is 0 Å². The maximum Gasteiger partial charge on any atom is 0.306 e. The van der Waals surface area contributed by atoms with E-state index in [1.807, 2.05) is 12.3 Å². The summed E-state index contributed by atoms with van der Waals surface area (Å²) in [4.78, 5) is 19.1. The lowest BCUT2D eigenvalue weighted by Crippen LogP contribution is -2.14. The van der Waals surface area contributed by atoms with E-state index in [1.54, 1.807) is 18.3 Å². The average molecular weight is 265 g/mol. The molecule has 0 radical (unpaired) electrons. The van der Waals surface area contributed by atoms with Crippen molar-refractivity contribution in [2.45, 2.75) is 20.3 Å². The van der Waals surface area contributed by atoms with Crippen molar-refractivity contribution in [1.82, 2.24) is 9.97 Å². The molecule has 5 nitrogen and oxygen atoms in total. The third-order valence-electron chi connectivity index (χ3n) is 2.82. The van der Waals surface area contributed by atoms with E-state index in [4.69, 9.17) is 5.11 Å². The summed E-state index contributed by atoms with van der Waals surface area (Å²) in [6, 6.07) is 0. The second-order valence-electron chi connectivity index (χ2n) is 4.27. The molecule has 0 fully saturated rings. The summed E-state index contributed by atoms with van der Waals surface area (Å²) in [6.45, 7) is 4.31. The second-order valence-corrected chi connectivity index (χ2v) is 5.15. The van der Waals surface area contributed by atoms with Crippen molar-refractivity contribution in [1.29, 1.82) is 0 Å². The van der Waals surface area contributed by atoms with Gasteiger partial charge in [0.05, 0.1) is 16.1 Å². The van der Waals surface area contributed by atoms with Gasteiger partial charge in [0.1, 0.15) is 12.1 Å². The highest BCUT2D eigenvalue weighted by molar-refractivity contribution is 7.18. The highest BCUT2D eigenvalue weighted by Gasteiger charge is 2.11. The molecule has 96 valence electrons. The van der Waals surface area contributed by atoms with Crippen molar-refractivity contribution in [3.05, 3.63) is 17.3 Å². The lowest BCUT2D eigenvalue weighted by atomic mass is 10.1. The van der Waals surface area contributed by atoms with Crippen molar-refractivity contribution in [3.63, 3.8) is 0 Å². The Labute approximate surface area is 109 Å². The summed E-state index contributed by atoms with van der Waals surface area (Å²) in [7, 11) is 0. The molecule has 0 aliphatic rings. The molecular weight excluding hydrogens is 250 g/mol. The normalized spacial score (nSPS) is 12.6. The number of hydrogen-bond acceptors (Lipinski definition) is 5. The summed E-state index contributed by atoms with van der Waals surface area (Å²) < 4.78 is 1.03. The van der Waals surface area contributed by atoms with Crippen LogP contribution in [0.1, 0.15) is 18.9 Å². The zero-order chi connectivity index (χ0) is 13.1. The van der Waals surface area contributed by atoms with Crippen molar-refractivity contribution in [2.75, 3.05) is 11.9 Å². The lowest BCUT2D eigenvalue weighted by molar-refractivity contribution is -0.141. The van der Waals surface area contributed by atoms with Gasteiger partial charge in [0.25, 0.3) is 0 Å². The molecular formula is C12H15N3O2S. The van der Waals surface area contributed by atoms with Gasteiger partial charge in [0.2, 0.25) is 0 Å². The topological polar surface area (TPSA) is 75.1 Å². The Bertz CT molecular complexity index is 567. The van der Waals surface area contributed by atoms with Gasteiger partial charge < -0.3 is 10.4 Å². The quantitative estimate of drug-likeness (QED) is 0.868. The molecule has 2 aromatic rings. The number of nitrogens with zero attached hydrogens (tertiary/aromatic N) is 2. The first-order valence-electron chi connectivity index (χ1n) is 5.75. The Hall–Kier alpha value is -1.69. The van der Waals surface area contributed by atoms with Crippen LogP contribution in [0.4, 0.5) is 5.82 Å².